The first-order valence-corrected chi connectivity index (χ1v) is 9.75. The van der Waals surface area contributed by atoms with Crippen LogP contribution in [0.3, 0.4) is 0 Å². The van der Waals surface area contributed by atoms with Crippen LogP contribution in [0.15, 0.2) is 54.6 Å². The standard InChI is InChI=1S/C22H17Cl2FN2O2/c23-19-10-16(26)11-20(24)21(19)29-17-4-5-18-14(9-17)6-7-27(22(18)28)12-13-2-1-3-15(25)8-13/h1-5,8-11H,6-7,12,26H2. The van der Waals surface area contributed by atoms with Gasteiger partial charge in [-0.15, -0.1) is 0 Å². The molecule has 4 rings (SSSR count). The number of hydrogen-bond acceptors (Lipinski definition) is 3. The third-order valence-electron chi connectivity index (χ3n) is 4.75. The number of fused-ring (bicyclic) bond motifs is 1. The van der Waals surface area contributed by atoms with E-state index < -0.39 is 0 Å². The second-order valence-corrected chi connectivity index (χ2v) is 7.66. The second-order valence-electron chi connectivity index (χ2n) is 6.84. The Kier molecular flexibility index (Phi) is 5.35. The number of carbonyl (C=O) groups excluding carboxylic acids is 1. The van der Waals surface area contributed by atoms with E-state index in [0.717, 1.165) is 11.1 Å². The summed E-state index contributed by atoms with van der Waals surface area (Å²) in [5.74, 6) is 0.445. The number of carbonyl (C=O) groups is 1. The van der Waals surface area contributed by atoms with Crippen molar-refractivity contribution in [2.24, 2.45) is 0 Å². The van der Waals surface area contributed by atoms with Crippen LogP contribution in [-0.4, -0.2) is 17.4 Å². The molecule has 0 aromatic heterocycles. The monoisotopic (exact) mass is 430 g/mol. The van der Waals surface area contributed by atoms with Crippen LogP contribution in [-0.2, 0) is 13.0 Å². The number of benzene rings is 3. The molecule has 0 radical (unpaired) electrons. The molecule has 0 saturated carbocycles. The van der Waals surface area contributed by atoms with Gasteiger partial charge in [0.2, 0.25) is 0 Å². The van der Waals surface area contributed by atoms with Gasteiger partial charge in [0, 0.05) is 24.3 Å². The molecule has 0 spiro atoms. The lowest BCUT2D eigenvalue weighted by Gasteiger charge is -2.29. The van der Waals surface area contributed by atoms with Crippen molar-refractivity contribution >= 4 is 34.8 Å². The van der Waals surface area contributed by atoms with Crippen LogP contribution in [0.2, 0.25) is 10.0 Å². The van der Waals surface area contributed by atoms with Crippen molar-refractivity contribution in [3.05, 3.63) is 87.2 Å². The van der Waals surface area contributed by atoms with E-state index in [9.17, 15) is 9.18 Å². The summed E-state index contributed by atoms with van der Waals surface area (Å²) in [6.45, 7) is 0.903. The normalized spacial score (nSPS) is 13.3. The van der Waals surface area contributed by atoms with Crippen LogP contribution < -0.4 is 10.5 Å². The molecule has 0 atom stereocenters. The maximum absolute atomic E-state index is 13.4. The van der Waals surface area contributed by atoms with Crippen molar-refractivity contribution in [3.8, 4) is 11.5 Å². The Labute approximate surface area is 177 Å². The summed E-state index contributed by atoms with van der Waals surface area (Å²) in [7, 11) is 0. The molecule has 4 nitrogen and oxygen atoms in total. The highest BCUT2D eigenvalue weighted by atomic mass is 35.5. The molecule has 2 N–H and O–H groups in total. The van der Waals surface area contributed by atoms with Crippen LogP contribution in [0.4, 0.5) is 10.1 Å². The van der Waals surface area contributed by atoms with E-state index in [1.54, 1.807) is 35.2 Å². The largest absolute Gasteiger partial charge is 0.454 e. The lowest BCUT2D eigenvalue weighted by atomic mass is 9.98. The highest BCUT2D eigenvalue weighted by Crippen LogP contribution is 2.38. The Morgan fingerprint density at radius 2 is 1.83 bits per heavy atom. The minimum Gasteiger partial charge on any atom is -0.454 e. The van der Waals surface area contributed by atoms with Crippen LogP contribution in [0.1, 0.15) is 21.5 Å². The van der Waals surface area contributed by atoms with Gasteiger partial charge in [-0.3, -0.25) is 4.79 Å². The molecule has 3 aromatic carbocycles. The Balaban J connectivity index is 1.54. The zero-order chi connectivity index (χ0) is 20.5. The topological polar surface area (TPSA) is 55.6 Å². The smallest absolute Gasteiger partial charge is 0.254 e. The molecule has 0 fully saturated rings. The summed E-state index contributed by atoms with van der Waals surface area (Å²) >= 11 is 12.4. The van der Waals surface area contributed by atoms with Crippen molar-refractivity contribution in [3.63, 3.8) is 0 Å². The zero-order valence-corrected chi connectivity index (χ0v) is 16.8. The number of nitrogens with two attached hydrogens (primary N) is 1. The van der Waals surface area contributed by atoms with Crippen molar-refractivity contribution < 1.29 is 13.9 Å². The van der Waals surface area contributed by atoms with Gasteiger partial charge in [-0.2, -0.15) is 0 Å². The van der Waals surface area contributed by atoms with E-state index in [1.165, 1.54) is 12.1 Å². The van der Waals surface area contributed by atoms with Crippen LogP contribution >= 0.6 is 23.2 Å². The van der Waals surface area contributed by atoms with Gasteiger partial charge in [0.1, 0.15) is 11.6 Å². The molecule has 1 aliphatic heterocycles. The number of halogens is 3. The van der Waals surface area contributed by atoms with E-state index in [0.29, 0.717) is 52.3 Å². The fourth-order valence-electron chi connectivity index (χ4n) is 3.38. The summed E-state index contributed by atoms with van der Waals surface area (Å²) in [6, 6.07) is 14.7. The summed E-state index contributed by atoms with van der Waals surface area (Å²) in [5, 5.41) is 0.620. The number of nitrogen functional groups attached to an aromatic ring is 1. The van der Waals surface area contributed by atoms with Gasteiger partial charge < -0.3 is 15.4 Å². The first kappa shape index (κ1) is 19.6. The van der Waals surface area contributed by atoms with Crippen molar-refractivity contribution in [2.45, 2.75) is 13.0 Å². The highest BCUT2D eigenvalue weighted by molar-refractivity contribution is 6.37. The molecule has 29 heavy (non-hydrogen) atoms. The molecule has 148 valence electrons. The number of hydrogen-bond donors (Lipinski definition) is 1. The molecule has 0 unspecified atom stereocenters. The van der Waals surface area contributed by atoms with Gasteiger partial charge in [0.25, 0.3) is 5.91 Å². The molecule has 1 heterocycles. The van der Waals surface area contributed by atoms with Gasteiger partial charge in [0.15, 0.2) is 5.75 Å². The average molecular weight is 431 g/mol. The molecule has 7 heteroatoms. The maximum atomic E-state index is 13.4. The molecular weight excluding hydrogens is 414 g/mol. The van der Waals surface area contributed by atoms with Gasteiger partial charge in [0.05, 0.1) is 10.0 Å². The molecular formula is C22H17Cl2FN2O2. The fourth-order valence-corrected chi connectivity index (χ4v) is 3.96. The van der Waals surface area contributed by atoms with Crippen LogP contribution in [0.5, 0.6) is 11.5 Å². The first-order valence-electron chi connectivity index (χ1n) is 9.00. The summed E-state index contributed by atoms with van der Waals surface area (Å²) in [4.78, 5) is 14.6. The minimum atomic E-state index is -0.311. The van der Waals surface area contributed by atoms with E-state index >= 15 is 0 Å². The molecule has 0 bridgehead atoms. The van der Waals surface area contributed by atoms with Gasteiger partial charge in [-0.1, -0.05) is 35.3 Å². The van der Waals surface area contributed by atoms with E-state index in [2.05, 4.69) is 0 Å². The van der Waals surface area contributed by atoms with E-state index in [1.807, 2.05) is 12.1 Å². The summed E-state index contributed by atoms with van der Waals surface area (Å²) < 4.78 is 19.3. The van der Waals surface area contributed by atoms with Gasteiger partial charge in [-0.25, -0.2) is 4.39 Å². The number of amides is 1. The predicted molar refractivity (Wildman–Crippen MR) is 112 cm³/mol. The van der Waals surface area contributed by atoms with E-state index in [4.69, 9.17) is 33.7 Å². The van der Waals surface area contributed by atoms with Gasteiger partial charge in [-0.05, 0) is 60.0 Å². The third-order valence-corrected chi connectivity index (χ3v) is 5.31. The Morgan fingerprint density at radius 3 is 2.55 bits per heavy atom. The first-order chi connectivity index (χ1) is 13.9. The molecule has 1 amide bonds. The maximum Gasteiger partial charge on any atom is 0.254 e. The highest BCUT2D eigenvalue weighted by Gasteiger charge is 2.25. The molecule has 3 aromatic rings. The van der Waals surface area contributed by atoms with Crippen molar-refractivity contribution in [1.29, 1.82) is 0 Å². The summed E-state index contributed by atoms with van der Waals surface area (Å²) in [6.07, 6.45) is 0.663. The lowest BCUT2D eigenvalue weighted by Crippen LogP contribution is -2.37. The number of nitrogens with zero attached hydrogens (tertiary/aromatic N) is 1. The van der Waals surface area contributed by atoms with Gasteiger partial charge >= 0.3 is 0 Å². The number of rotatable bonds is 4. The van der Waals surface area contributed by atoms with Crippen molar-refractivity contribution in [1.82, 2.24) is 4.90 Å². The van der Waals surface area contributed by atoms with Crippen LogP contribution in [0.25, 0.3) is 0 Å². The second kappa shape index (κ2) is 7.93. The average Bonchev–Trinajstić information content (AvgIpc) is 2.67. The fraction of sp³-hybridized carbons (Fsp3) is 0.136. The minimum absolute atomic E-state index is 0.0920. The number of anilines is 1. The SMILES string of the molecule is Nc1cc(Cl)c(Oc2ccc3c(c2)CCN(Cc2cccc(F)c2)C3=O)c(Cl)c1. The summed E-state index contributed by atoms with van der Waals surface area (Å²) in [5.41, 5.74) is 8.41. The zero-order valence-electron chi connectivity index (χ0n) is 15.3. The Morgan fingerprint density at radius 1 is 1.07 bits per heavy atom. The van der Waals surface area contributed by atoms with Crippen LogP contribution in [0, 0.1) is 5.82 Å². The molecule has 1 aliphatic rings. The Hall–Kier alpha value is -2.76. The lowest BCUT2D eigenvalue weighted by molar-refractivity contribution is 0.0727. The number of ether oxygens (including phenoxy) is 1. The predicted octanol–water partition coefficient (Wildman–Crippen LogP) is 5.71. The van der Waals surface area contributed by atoms with Crippen molar-refractivity contribution in [2.75, 3.05) is 12.3 Å². The molecule has 0 aliphatic carbocycles. The quantitative estimate of drug-likeness (QED) is 0.539. The molecule has 0 saturated heterocycles. The third kappa shape index (κ3) is 4.16. The van der Waals surface area contributed by atoms with E-state index in [-0.39, 0.29) is 11.7 Å². The Bertz CT molecular complexity index is 1080.